The third kappa shape index (κ3) is 2.74. The maximum atomic E-state index is 12.4. The largest absolute Gasteiger partial charge is 0.493 e. The van der Waals surface area contributed by atoms with E-state index >= 15 is 0 Å². The number of rotatable bonds is 4. The molecule has 4 nitrogen and oxygen atoms in total. The first-order chi connectivity index (χ1) is 10.6. The number of carbonyl (C=O) groups is 1. The Morgan fingerprint density at radius 1 is 1.36 bits per heavy atom. The van der Waals surface area contributed by atoms with Crippen LogP contribution < -0.4 is 9.47 Å². The van der Waals surface area contributed by atoms with Gasteiger partial charge < -0.3 is 14.4 Å². The summed E-state index contributed by atoms with van der Waals surface area (Å²) in [7, 11) is 1.62. The van der Waals surface area contributed by atoms with Crippen molar-refractivity contribution in [2.45, 2.75) is 19.8 Å². The average molecular weight is 366 g/mol. The Morgan fingerprint density at radius 3 is 2.68 bits per heavy atom. The molecule has 1 aromatic carbocycles. The molecule has 3 saturated heterocycles. The molecule has 4 rings (SSSR count). The number of ketones is 1. The van der Waals surface area contributed by atoms with Crippen LogP contribution in [-0.4, -0.2) is 37.5 Å². The molecule has 0 aromatic heterocycles. The van der Waals surface area contributed by atoms with Crippen LogP contribution in [0.1, 0.15) is 25.3 Å². The maximum Gasteiger partial charge on any atom is 0.182 e. The van der Waals surface area contributed by atoms with Gasteiger partial charge in [0.25, 0.3) is 0 Å². The number of carbonyl (C=O) groups excluding carboxylic acids is 1. The van der Waals surface area contributed by atoms with E-state index in [-0.39, 0.29) is 11.7 Å². The van der Waals surface area contributed by atoms with E-state index in [0.29, 0.717) is 18.1 Å². The molecule has 3 fully saturated rings. The van der Waals surface area contributed by atoms with Crippen molar-refractivity contribution in [3.05, 3.63) is 27.9 Å². The van der Waals surface area contributed by atoms with Gasteiger partial charge in [0.15, 0.2) is 17.3 Å². The minimum absolute atomic E-state index is 0.212. The molecule has 0 atom stereocenters. The zero-order valence-corrected chi connectivity index (χ0v) is 14.5. The summed E-state index contributed by atoms with van der Waals surface area (Å²) in [5, 5.41) is 0. The summed E-state index contributed by atoms with van der Waals surface area (Å²) in [5.74, 6) is 1.86. The summed E-state index contributed by atoms with van der Waals surface area (Å²) < 4.78 is 11.9. The number of allylic oxidation sites excluding steroid dienone is 1. The van der Waals surface area contributed by atoms with Crippen LogP contribution in [0.4, 0.5) is 0 Å². The van der Waals surface area contributed by atoms with Crippen LogP contribution in [-0.2, 0) is 4.79 Å². The van der Waals surface area contributed by atoms with Crippen molar-refractivity contribution in [3.8, 4) is 11.5 Å². The van der Waals surface area contributed by atoms with Gasteiger partial charge in [-0.1, -0.05) is 0 Å². The molecule has 0 unspecified atom stereocenters. The number of fused-ring (bicyclic) bond motifs is 3. The summed E-state index contributed by atoms with van der Waals surface area (Å²) >= 11 is 3.53. The van der Waals surface area contributed by atoms with Gasteiger partial charge in [0, 0.05) is 19.0 Å². The summed E-state index contributed by atoms with van der Waals surface area (Å²) in [6.07, 6.45) is 3.95. The second-order valence-electron chi connectivity index (χ2n) is 5.62. The quantitative estimate of drug-likeness (QED) is 0.765. The molecule has 0 spiro atoms. The van der Waals surface area contributed by atoms with E-state index in [9.17, 15) is 4.79 Å². The molecule has 118 valence electrons. The van der Waals surface area contributed by atoms with E-state index in [0.717, 1.165) is 41.7 Å². The predicted molar refractivity (Wildman–Crippen MR) is 89.1 cm³/mol. The van der Waals surface area contributed by atoms with Crippen LogP contribution in [0.5, 0.6) is 11.5 Å². The molecule has 1 aromatic rings. The Kier molecular flexibility index (Phi) is 4.43. The second-order valence-corrected chi connectivity index (χ2v) is 6.48. The van der Waals surface area contributed by atoms with E-state index in [1.54, 1.807) is 7.11 Å². The highest BCUT2D eigenvalue weighted by Crippen LogP contribution is 2.38. The number of hydrogen-bond acceptors (Lipinski definition) is 4. The monoisotopic (exact) mass is 365 g/mol. The number of ether oxygens (including phenoxy) is 2. The van der Waals surface area contributed by atoms with Crippen molar-refractivity contribution in [3.63, 3.8) is 0 Å². The maximum absolute atomic E-state index is 12.4. The molecule has 3 aliphatic rings. The summed E-state index contributed by atoms with van der Waals surface area (Å²) in [4.78, 5) is 14.6. The zero-order valence-electron chi connectivity index (χ0n) is 12.9. The number of halogens is 1. The van der Waals surface area contributed by atoms with E-state index in [1.807, 2.05) is 25.1 Å². The normalized spacial score (nSPS) is 19.9. The fraction of sp³-hybridized carbons (Fsp3) is 0.471. The Labute approximate surface area is 139 Å². The van der Waals surface area contributed by atoms with E-state index in [4.69, 9.17) is 9.47 Å². The standard InChI is InChI=1S/C17H20BrNO3/c1-3-22-17-13(18)8-11(10-15(17)21-2)9-14-16(20)12-4-6-19(14)7-5-12/h8-10,12H,3-7H2,1-2H3/b14-9-. The molecule has 3 aliphatic heterocycles. The molecule has 0 saturated carbocycles. The van der Waals surface area contributed by atoms with Crippen LogP contribution in [0, 0.1) is 5.92 Å². The smallest absolute Gasteiger partial charge is 0.182 e. The van der Waals surface area contributed by atoms with Crippen molar-refractivity contribution in [1.82, 2.24) is 4.90 Å². The fourth-order valence-corrected chi connectivity index (χ4v) is 3.75. The number of nitrogens with zero attached hydrogens (tertiary/aromatic N) is 1. The minimum Gasteiger partial charge on any atom is -0.493 e. The lowest BCUT2D eigenvalue weighted by molar-refractivity contribution is -0.125. The molecular weight excluding hydrogens is 346 g/mol. The van der Waals surface area contributed by atoms with E-state index in [2.05, 4.69) is 20.8 Å². The van der Waals surface area contributed by atoms with Gasteiger partial charge in [-0.15, -0.1) is 0 Å². The molecule has 5 heteroatoms. The molecule has 0 aliphatic carbocycles. The first-order valence-electron chi connectivity index (χ1n) is 7.65. The van der Waals surface area contributed by atoms with Gasteiger partial charge in [0.2, 0.25) is 0 Å². The van der Waals surface area contributed by atoms with Crippen LogP contribution in [0.15, 0.2) is 22.3 Å². The van der Waals surface area contributed by atoms with Gasteiger partial charge in [0.1, 0.15) is 0 Å². The molecule has 0 radical (unpaired) electrons. The third-order valence-electron chi connectivity index (χ3n) is 4.30. The number of piperidine rings is 3. The number of benzene rings is 1. The molecular formula is C17H20BrNO3. The Bertz CT molecular complexity index is 619. The van der Waals surface area contributed by atoms with Crippen LogP contribution in [0.2, 0.25) is 0 Å². The predicted octanol–water partition coefficient (Wildman–Crippen LogP) is 3.49. The zero-order chi connectivity index (χ0) is 15.7. The molecule has 0 N–H and O–H groups in total. The van der Waals surface area contributed by atoms with Crippen molar-refractivity contribution in [1.29, 1.82) is 0 Å². The van der Waals surface area contributed by atoms with Crippen molar-refractivity contribution < 1.29 is 14.3 Å². The Hall–Kier alpha value is -1.49. The van der Waals surface area contributed by atoms with Gasteiger partial charge in [-0.25, -0.2) is 0 Å². The van der Waals surface area contributed by atoms with Gasteiger partial charge in [0.05, 0.1) is 23.9 Å². The molecule has 0 amide bonds. The first kappa shape index (κ1) is 15.4. The summed E-state index contributed by atoms with van der Waals surface area (Å²) in [5.41, 5.74) is 1.78. The lowest BCUT2D eigenvalue weighted by atomic mass is 9.84. The lowest BCUT2D eigenvalue weighted by Gasteiger charge is -2.41. The van der Waals surface area contributed by atoms with Gasteiger partial charge in [-0.05, 0) is 59.5 Å². The first-order valence-corrected chi connectivity index (χ1v) is 8.44. The van der Waals surface area contributed by atoms with Crippen molar-refractivity contribution in [2.75, 3.05) is 26.8 Å². The Balaban J connectivity index is 1.97. The molecule has 3 heterocycles. The highest BCUT2D eigenvalue weighted by Gasteiger charge is 2.36. The van der Waals surface area contributed by atoms with Crippen molar-refractivity contribution >= 4 is 27.8 Å². The van der Waals surface area contributed by atoms with Crippen LogP contribution >= 0.6 is 15.9 Å². The average Bonchev–Trinajstić information content (AvgIpc) is 2.53. The third-order valence-corrected chi connectivity index (χ3v) is 4.89. The SMILES string of the molecule is CCOc1c(Br)cc(/C=C2/C(=O)C3CCN2CC3)cc1OC. The van der Waals surface area contributed by atoms with Crippen LogP contribution in [0.3, 0.4) is 0 Å². The van der Waals surface area contributed by atoms with Crippen LogP contribution in [0.25, 0.3) is 6.08 Å². The van der Waals surface area contributed by atoms with E-state index < -0.39 is 0 Å². The number of methoxy groups -OCH3 is 1. The second kappa shape index (κ2) is 6.32. The van der Waals surface area contributed by atoms with Crippen molar-refractivity contribution in [2.24, 2.45) is 5.92 Å². The highest BCUT2D eigenvalue weighted by molar-refractivity contribution is 9.10. The van der Waals surface area contributed by atoms with Gasteiger partial charge in [-0.2, -0.15) is 0 Å². The summed E-state index contributed by atoms with van der Waals surface area (Å²) in [6, 6.07) is 3.89. The molecule has 22 heavy (non-hydrogen) atoms. The minimum atomic E-state index is 0.212. The highest BCUT2D eigenvalue weighted by atomic mass is 79.9. The van der Waals surface area contributed by atoms with E-state index in [1.165, 1.54) is 0 Å². The lowest BCUT2D eigenvalue weighted by Crippen LogP contribution is -2.45. The summed E-state index contributed by atoms with van der Waals surface area (Å²) in [6.45, 7) is 4.48. The number of hydrogen-bond donors (Lipinski definition) is 0. The topological polar surface area (TPSA) is 38.8 Å². The van der Waals surface area contributed by atoms with Gasteiger partial charge in [-0.3, -0.25) is 4.79 Å². The molecule has 2 bridgehead atoms. The fourth-order valence-electron chi connectivity index (χ4n) is 3.18. The Morgan fingerprint density at radius 2 is 2.09 bits per heavy atom. The number of Topliss-reactive ketones (excluding diaryl/α,β-unsaturated/α-hetero) is 1. The van der Waals surface area contributed by atoms with Gasteiger partial charge >= 0.3 is 0 Å².